The van der Waals surface area contributed by atoms with Gasteiger partial charge in [0.05, 0.1) is 12.0 Å². The van der Waals surface area contributed by atoms with Crippen molar-refractivity contribution in [2.24, 2.45) is 0 Å². The van der Waals surface area contributed by atoms with Crippen LogP contribution in [0.25, 0.3) is 11.3 Å². The van der Waals surface area contributed by atoms with Crippen molar-refractivity contribution < 1.29 is 0 Å². The van der Waals surface area contributed by atoms with Crippen LogP contribution < -0.4 is 10.9 Å². The van der Waals surface area contributed by atoms with E-state index in [2.05, 4.69) is 15.3 Å². The molecule has 4 nitrogen and oxygen atoms in total. The van der Waals surface area contributed by atoms with Crippen LogP contribution in [0.4, 0.5) is 5.69 Å². The highest BCUT2D eigenvalue weighted by molar-refractivity contribution is 5.61. The van der Waals surface area contributed by atoms with Gasteiger partial charge in [0, 0.05) is 24.4 Å². The average molecular weight is 201 g/mol. The molecular formula is C11H11N3O. The van der Waals surface area contributed by atoms with E-state index in [1.807, 2.05) is 31.3 Å². The van der Waals surface area contributed by atoms with E-state index in [1.165, 1.54) is 12.4 Å². The first-order valence-corrected chi connectivity index (χ1v) is 4.62. The molecule has 1 aromatic heterocycles. The minimum atomic E-state index is -0.141. The maximum absolute atomic E-state index is 11.1. The van der Waals surface area contributed by atoms with Crippen LogP contribution in [0, 0.1) is 0 Å². The van der Waals surface area contributed by atoms with Crippen molar-refractivity contribution >= 4 is 5.69 Å². The van der Waals surface area contributed by atoms with Crippen LogP contribution in [0.15, 0.2) is 41.5 Å². The first kappa shape index (κ1) is 9.45. The number of anilines is 1. The molecule has 0 aliphatic rings. The summed E-state index contributed by atoms with van der Waals surface area (Å²) in [7, 11) is 1.86. The van der Waals surface area contributed by atoms with Crippen molar-refractivity contribution in [3.8, 4) is 11.3 Å². The molecule has 0 saturated heterocycles. The molecule has 0 unspecified atom stereocenters. The molecule has 0 aliphatic carbocycles. The predicted molar refractivity (Wildman–Crippen MR) is 59.8 cm³/mol. The topological polar surface area (TPSA) is 57.8 Å². The van der Waals surface area contributed by atoms with E-state index in [4.69, 9.17) is 0 Å². The van der Waals surface area contributed by atoms with Crippen LogP contribution in [0.3, 0.4) is 0 Å². The number of H-pyrrole nitrogens is 1. The molecule has 1 aromatic carbocycles. The second-order valence-corrected chi connectivity index (χ2v) is 3.12. The zero-order chi connectivity index (χ0) is 10.7. The summed E-state index contributed by atoms with van der Waals surface area (Å²) in [5.41, 5.74) is 2.50. The van der Waals surface area contributed by atoms with Crippen molar-refractivity contribution in [2.75, 3.05) is 12.4 Å². The lowest BCUT2D eigenvalue weighted by atomic mass is 10.1. The third kappa shape index (κ3) is 2.04. The van der Waals surface area contributed by atoms with Gasteiger partial charge >= 0.3 is 0 Å². The fraction of sp³-hybridized carbons (Fsp3) is 0.0909. The minimum absolute atomic E-state index is 0.141. The highest BCUT2D eigenvalue weighted by atomic mass is 16.1. The quantitative estimate of drug-likeness (QED) is 0.773. The molecule has 2 N–H and O–H groups in total. The zero-order valence-corrected chi connectivity index (χ0v) is 8.32. The first-order valence-electron chi connectivity index (χ1n) is 4.62. The molecule has 76 valence electrons. The second-order valence-electron chi connectivity index (χ2n) is 3.12. The van der Waals surface area contributed by atoms with E-state index < -0.39 is 0 Å². The molecule has 0 radical (unpaired) electrons. The summed E-state index contributed by atoms with van der Waals surface area (Å²) in [5.74, 6) is 0. The van der Waals surface area contributed by atoms with Crippen molar-refractivity contribution in [2.45, 2.75) is 0 Å². The van der Waals surface area contributed by atoms with E-state index in [0.717, 1.165) is 11.3 Å². The summed E-state index contributed by atoms with van der Waals surface area (Å²) in [6, 6.07) is 9.21. The standard InChI is InChI=1S/C11H11N3O/c1-12-9-4-2-8(3-5-9)10-6-11(15)14-7-13-10/h2-7,12H,1H3,(H,13,14,15). The van der Waals surface area contributed by atoms with Crippen molar-refractivity contribution in [3.63, 3.8) is 0 Å². The number of hydrogen-bond acceptors (Lipinski definition) is 3. The predicted octanol–water partition coefficient (Wildman–Crippen LogP) is 1.48. The molecule has 15 heavy (non-hydrogen) atoms. The summed E-state index contributed by atoms with van der Waals surface area (Å²) in [5, 5.41) is 3.03. The van der Waals surface area contributed by atoms with Crippen LogP contribution in [-0.4, -0.2) is 17.0 Å². The Balaban J connectivity index is 2.41. The number of benzene rings is 1. The maximum atomic E-state index is 11.1. The van der Waals surface area contributed by atoms with Crippen LogP contribution in [0.1, 0.15) is 0 Å². The lowest BCUT2D eigenvalue weighted by Gasteiger charge is -2.02. The van der Waals surface area contributed by atoms with Gasteiger partial charge in [-0.25, -0.2) is 4.98 Å². The van der Waals surface area contributed by atoms with Gasteiger partial charge in [0.15, 0.2) is 0 Å². The maximum Gasteiger partial charge on any atom is 0.251 e. The molecule has 0 fully saturated rings. The van der Waals surface area contributed by atoms with E-state index in [-0.39, 0.29) is 5.56 Å². The largest absolute Gasteiger partial charge is 0.388 e. The molecule has 1 heterocycles. The Hall–Kier alpha value is -2.10. The number of rotatable bonds is 2. The molecule has 0 aliphatic heterocycles. The third-order valence-corrected chi connectivity index (χ3v) is 2.15. The number of hydrogen-bond donors (Lipinski definition) is 2. The van der Waals surface area contributed by atoms with Gasteiger partial charge in [-0.05, 0) is 12.1 Å². The Morgan fingerprint density at radius 2 is 2.00 bits per heavy atom. The van der Waals surface area contributed by atoms with E-state index >= 15 is 0 Å². The van der Waals surface area contributed by atoms with Crippen LogP contribution in [-0.2, 0) is 0 Å². The molecule has 2 aromatic rings. The molecule has 0 atom stereocenters. The van der Waals surface area contributed by atoms with Crippen molar-refractivity contribution in [3.05, 3.63) is 47.0 Å². The Morgan fingerprint density at radius 3 is 2.60 bits per heavy atom. The van der Waals surface area contributed by atoms with Gasteiger partial charge in [-0.2, -0.15) is 0 Å². The summed E-state index contributed by atoms with van der Waals surface area (Å²) < 4.78 is 0. The first-order chi connectivity index (χ1) is 7.29. The number of aromatic nitrogens is 2. The van der Waals surface area contributed by atoms with Crippen LogP contribution in [0.2, 0.25) is 0 Å². The van der Waals surface area contributed by atoms with E-state index in [9.17, 15) is 4.79 Å². The van der Waals surface area contributed by atoms with Crippen LogP contribution in [0.5, 0.6) is 0 Å². The Morgan fingerprint density at radius 1 is 1.27 bits per heavy atom. The minimum Gasteiger partial charge on any atom is -0.388 e. The molecule has 2 rings (SSSR count). The van der Waals surface area contributed by atoms with Crippen molar-refractivity contribution in [1.29, 1.82) is 0 Å². The number of nitrogens with one attached hydrogen (secondary N) is 2. The van der Waals surface area contributed by atoms with Gasteiger partial charge in [0.25, 0.3) is 5.56 Å². The van der Waals surface area contributed by atoms with Gasteiger partial charge in [0.1, 0.15) is 0 Å². The number of nitrogens with zero attached hydrogens (tertiary/aromatic N) is 1. The number of aromatic amines is 1. The fourth-order valence-electron chi connectivity index (χ4n) is 1.33. The summed E-state index contributed by atoms with van der Waals surface area (Å²) in [4.78, 5) is 17.7. The monoisotopic (exact) mass is 201 g/mol. The lowest BCUT2D eigenvalue weighted by molar-refractivity contribution is 1.12. The normalized spacial score (nSPS) is 9.93. The average Bonchev–Trinajstić information content (AvgIpc) is 2.29. The van der Waals surface area contributed by atoms with Crippen molar-refractivity contribution in [1.82, 2.24) is 9.97 Å². The third-order valence-electron chi connectivity index (χ3n) is 2.15. The molecule has 0 bridgehead atoms. The fourth-order valence-corrected chi connectivity index (χ4v) is 1.33. The van der Waals surface area contributed by atoms with E-state index in [0.29, 0.717) is 5.69 Å². The summed E-state index contributed by atoms with van der Waals surface area (Å²) >= 11 is 0. The summed E-state index contributed by atoms with van der Waals surface area (Å²) in [6.45, 7) is 0. The van der Waals surface area contributed by atoms with Gasteiger partial charge in [-0.3, -0.25) is 4.79 Å². The highest BCUT2D eigenvalue weighted by Crippen LogP contribution is 2.17. The molecule has 0 spiro atoms. The highest BCUT2D eigenvalue weighted by Gasteiger charge is 1.99. The molecule has 4 heteroatoms. The zero-order valence-electron chi connectivity index (χ0n) is 8.32. The molecular weight excluding hydrogens is 190 g/mol. The molecule has 0 saturated carbocycles. The Bertz CT molecular complexity index is 502. The Labute approximate surface area is 87.0 Å². The molecule has 0 amide bonds. The van der Waals surface area contributed by atoms with Crippen LogP contribution >= 0.6 is 0 Å². The SMILES string of the molecule is CNc1ccc(-c2cc(=O)[nH]cn2)cc1. The van der Waals surface area contributed by atoms with Gasteiger partial charge < -0.3 is 10.3 Å². The van der Waals surface area contributed by atoms with Gasteiger partial charge in [-0.1, -0.05) is 12.1 Å². The second kappa shape index (κ2) is 3.96. The van der Waals surface area contributed by atoms with Gasteiger partial charge in [0.2, 0.25) is 0 Å². The van der Waals surface area contributed by atoms with E-state index in [1.54, 1.807) is 0 Å². The smallest absolute Gasteiger partial charge is 0.251 e. The summed E-state index contributed by atoms with van der Waals surface area (Å²) in [6.07, 6.45) is 1.41. The Kier molecular flexibility index (Phi) is 2.49. The van der Waals surface area contributed by atoms with Gasteiger partial charge in [-0.15, -0.1) is 0 Å². The lowest BCUT2D eigenvalue weighted by Crippen LogP contribution is -2.04.